The number of carbonyl (C=O) groups excluding carboxylic acids is 2. The quantitative estimate of drug-likeness (QED) is 0.122. The highest BCUT2D eigenvalue weighted by atomic mass is 16.2. The molecule has 0 bridgehead atoms. The molecule has 1 aromatic carbocycles. The summed E-state index contributed by atoms with van der Waals surface area (Å²) in [6.45, 7) is 5.18. The van der Waals surface area contributed by atoms with Crippen LogP contribution in [-0.4, -0.2) is 75.7 Å². The van der Waals surface area contributed by atoms with Gasteiger partial charge in [0.15, 0.2) is 0 Å². The summed E-state index contributed by atoms with van der Waals surface area (Å²) in [7, 11) is 3.94. The topological polar surface area (TPSA) is 98.8 Å². The van der Waals surface area contributed by atoms with E-state index >= 15 is 0 Å². The van der Waals surface area contributed by atoms with E-state index in [-0.39, 0.29) is 0 Å². The molecule has 8 nitrogen and oxygen atoms in total. The van der Waals surface area contributed by atoms with E-state index in [2.05, 4.69) is 15.5 Å². The third-order valence-electron chi connectivity index (χ3n) is 6.32. The second-order valence-electron chi connectivity index (χ2n) is 9.71. The van der Waals surface area contributed by atoms with Gasteiger partial charge in [0, 0.05) is 32.5 Å². The summed E-state index contributed by atoms with van der Waals surface area (Å²) >= 11 is 0. The summed E-state index contributed by atoms with van der Waals surface area (Å²) < 4.78 is 0. The van der Waals surface area contributed by atoms with E-state index in [0.29, 0.717) is 37.3 Å². The number of likely N-dealkylation sites (N-methyl/N-ethyl adjacent to an activating group) is 1. The fourth-order valence-corrected chi connectivity index (χ4v) is 4.17. The predicted octanol–water partition coefficient (Wildman–Crippen LogP) is 3.44. The monoisotopic (exact) mass is 492 g/mol. The molecule has 0 fully saturated rings. The fraction of sp³-hybridized carbons (Fsp3) is 0.778. The van der Waals surface area contributed by atoms with Crippen LogP contribution in [0.4, 0.5) is 11.4 Å². The lowest BCUT2D eigenvalue weighted by atomic mass is 10.1. The Morgan fingerprint density at radius 2 is 1.00 bits per heavy atom. The van der Waals surface area contributed by atoms with Crippen LogP contribution in [-0.2, 0) is 9.59 Å². The van der Waals surface area contributed by atoms with Crippen molar-refractivity contribution in [2.24, 2.45) is 0 Å². The molecule has 1 rings (SSSR count). The van der Waals surface area contributed by atoms with Crippen molar-refractivity contribution in [2.45, 2.75) is 83.5 Å². The highest BCUT2D eigenvalue weighted by molar-refractivity contribution is 5.73. The van der Waals surface area contributed by atoms with Crippen LogP contribution >= 0.6 is 0 Å². The molecule has 0 radical (unpaired) electrons. The standard InChI is InChI=1S/C27H48N4O4/c1-30(2)21-17-29-25-24(26(34)27(25)35)28-16-15-20-31(18-11-7-3-5-9-13-22-32)19-12-8-4-6-10-14-23-33/h22-23,28-29H,3-21H2,1-2H3. The number of unbranched alkanes of at least 4 members (excludes halogenated alkanes) is 10. The minimum absolute atomic E-state index is 0.418. The smallest absolute Gasteiger partial charge is 0.253 e. The van der Waals surface area contributed by atoms with Gasteiger partial charge in [-0.25, -0.2) is 0 Å². The average molecular weight is 493 g/mol. The van der Waals surface area contributed by atoms with Crippen LogP contribution in [0.1, 0.15) is 83.5 Å². The molecular formula is C27H48N4O4. The van der Waals surface area contributed by atoms with Crippen LogP contribution in [0.5, 0.6) is 0 Å². The Kier molecular flexibility index (Phi) is 17.8. The third-order valence-corrected chi connectivity index (χ3v) is 6.32. The zero-order valence-corrected chi connectivity index (χ0v) is 22.1. The highest BCUT2D eigenvalue weighted by Gasteiger charge is 2.20. The van der Waals surface area contributed by atoms with E-state index in [0.717, 1.165) is 83.7 Å². The van der Waals surface area contributed by atoms with Gasteiger partial charge in [0.2, 0.25) is 0 Å². The normalized spacial score (nSPS) is 11.4. The Morgan fingerprint density at radius 1 is 0.571 bits per heavy atom. The Hall–Kier alpha value is -2.06. The highest BCUT2D eigenvalue weighted by Crippen LogP contribution is 2.14. The summed E-state index contributed by atoms with van der Waals surface area (Å²) in [5.74, 6) is 0. The van der Waals surface area contributed by atoms with E-state index < -0.39 is 10.9 Å². The largest absolute Gasteiger partial charge is 0.380 e. The summed E-state index contributed by atoms with van der Waals surface area (Å²) in [6, 6.07) is 0. The lowest BCUT2D eigenvalue weighted by Crippen LogP contribution is -2.39. The van der Waals surface area contributed by atoms with Crippen molar-refractivity contribution >= 4 is 23.9 Å². The lowest BCUT2D eigenvalue weighted by molar-refractivity contribution is -0.108. The van der Waals surface area contributed by atoms with Gasteiger partial charge >= 0.3 is 0 Å². The van der Waals surface area contributed by atoms with Crippen LogP contribution in [0.2, 0.25) is 0 Å². The zero-order valence-electron chi connectivity index (χ0n) is 22.1. The number of hydrogen-bond acceptors (Lipinski definition) is 8. The molecule has 0 saturated carbocycles. The van der Waals surface area contributed by atoms with Gasteiger partial charge in [-0.2, -0.15) is 0 Å². The van der Waals surface area contributed by atoms with Crippen molar-refractivity contribution in [2.75, 3.05) is 64.0 Å². The van der Waals surface area contributed by atoms with Gasteiger partial charge in [-0.3, -0.25) is 9.59 Å². The molecule has 0 heterocycles. The first kappa shape index (κ1) is 31.0. The number of carbonyl (C=O) groups is 2. The Bertz CT molecular complexity index is 737. The Morgan fingerprint density at radius 3 is 1.49 bits per heavy atom. The van der Waals surface area contributed by atoms with Crippen LogP contribution in [0.15, 0.2) is 9.59 Å². The number of anilines is 2. The Balaban J connectivity index is 2.37. The van der Waals surface area contributed by atoms with E-state index in [4.69, 9.17) is 0 Å². The molecular weight excluding hydrogens is 444 g/mol. The van der Waals surface area contributed by atoms with Crippen molar-refractivity contribution in [1.82, 2.24) is 9.80 Å². The molecule has 0 unspecified atom stereocenters. The minimum atomic E-state index is -0.422. The molecule has 0 aromatic heterocycles. The van der Waals surface area contributed by atoms with Gasteiger partial charge < -0.3 is 30.0 Å². The fourth-order valence-electron chi connectivity index (χ4n) is 4.17. The molecule has 1 aromatic rings. The number of aldehydes is 2. The first-order valence-electron chi connectivity index (χ1n) is 13.6. The van der Waals surface area contributed by atoms with Crippen molar-refractivity contribution < 1.29 is 9.59 Å². The van der Waals surface area contributed by atoms with Crippen LogP contribution < -0.4 is 21.5 Å². The van der Waals surface area contributed by atoms with E-state index in [1.54, 1.807) is 0 Å². The molecule has 2 N–H and O–H groups in total. The number of hydrogen-bond donors (Lipinski definition) is 2. The van der Waals surface area contributed by atoms with Gasteiger partial charge in [0.05, 0.1) is 0 Å². The van der Waals surface area contributed by atoms with E-state index in [1.165, 1.54) is 25.7 Å². The maximum Gasteiger partial charge on any atom is 0.253 e. The first-order valence-corrected chi connectivity index (χ1v) is 13.6. The van der Waals surface area contributed by atoms with Crippen molar-refractivity contribution in [3.05, 3.63) is 20.4 Å². The van der Waals surface area contributed by atoms with Crippen LogP contribution in [0.3, 0.4) is 0 Å². The van der Waals surface area contributed by atoms with Gasteiger partial charge in [-0.1, -0.05) is 38.5 Å². The van der Waals surface area contributed by atoms with Crippen molar-refractivity contribution in [3.8, 4) is 0 Å². The van der Waals surface area contributed by atoms with Crippen LogP contribution in [0.25, 0.3) is 0 Å². The molecule has 0 spiro atoms. The van der Waals surface area contributed by atoms with Crippen LogP contribution in [0, 0.1) is 0 Å². The molecule has 0 saturated heterocycles. The molecule has 8 heteroatoms. The molecule has 0 amide bonds. The van der Waals surface area contributed by atoms with E-state index in [1.807, 2.05) is 19.0 Å². The molecule has 35 heavy (non-hydrogen) atoms. The third kappa shape index (κ3) is 14.2. The predicted molar refractivity (Wildman–Crippen MR) is 145 cm³/mol. The van der Waals surface area contributed by atoms with Gasteiger partial charge in [0.25, 0.3) is 10.9 Å². The lowest BCUT2D eigenvalue weighted by Gasteiger charge is -2.23. The number of nitrogens with zero attached hydrogens (tertiary/aromatic N) is 2. The molecule has 200 valence electrons. The summed E-state index contributed by atoms with van der Waals surface area (Å²) in [5, 5.41) is 6.28. The average Bonchev–Trinajstić information content (AvgIpc) is 2.85. The zero-order chi connectivity index (χ0) is 25.7. The molecule has 0 atom stereocenters. The number of nitrogens with one attached hydrogen (secondary N) is 2. The van der Waals surface area contributed by atoms with Gasteiger partial charge in [0.1, 0.15) is 23.9 Å². The molecule has 0 aliphatic carbocycles. The van der Waals surface area contributed by atoms with Gasteiger partial charge in [-0.05, 0) is 65.8 Å². The summed E-state index contributed by atoms with van der Waals surface area (Å²) in [4.78, 5) is 49.2. The summed E-state index contributed by atoms with van der Waals surface area (Å²) in [6.07, 6.45) is 15.5. The summed E-state index contributed by atoms with van der Waals surface area (Å²) in [5.41, 5.74) is 0.0244. The second-order valence-corrected chi connectivity index (χ2v) is 9.71. The molecule has 0 aliphatic rings. The van der Waals surface area contributed by atoms with Crippen molar-refractivity contribution in [3.63, 3.8) is 0 Å². The maximum absolute atomic E-state index is 12.0. The Labute approximate surface area is 211 Å². The van der Waals surface area contributed by atoms with Crippen molar-refractivity contribution in [1.29, 1.82) is 0 Å². The van der Waals surface area contributed by atoms with Gasteiger partial charge in [-0.15, -0.1) is 0 Å². The second kappa shape index (κ2) is 20.2. The number of rotatable bonds is 25. The maximum atomic E-state index is 12.0. The van der Waals surface area contributed by atoms with E-state index in [9.17, 15) is 19.2 Å². The SMILES string of the molecule is CN(C)CCNc1c(NCCCN(CCCCCCCC=O)CCCCCCCC=O)c(=O)c1=O. The minimum Gasteiger partial charge on any atom is -0.380 e. The first-order chi connectivity index (χ1) is 17.0. The molecule has 0 aliphatic heterocycles.